The van der Waals surface area contributed by atoms with Gasteiger partial charge in [0.1, 0.15) is 15.7 Å². The maximum absolute atomic E-state index is 14.6. The highest BCUT2D eigenvalue weighted by Crippen LogP contribution is 2.30. The summed E-state index contributed by atoms with van der Waals surface area (Å²) in [6.07, 6.45) is 0.325. The maximum atomic E-state index is 14.6. The van der Waals surface area contributed by atoms with Gasteiger partial charge in [-0.25, -0.2) is 26.0 Å². The molecule has 0 aliphatic heterocycles. The van der Waals surface area contributed by atoms with E-state index in [1.165, 1.54) is 11.9 Å². The second-order valence-corrected chi connectivity index (χ2v) is 12.7. The van der Waals surface area contributed by atoms with Crippen molar-refractivity contribution in [2.45, 2.75) is 31.3 Å². The number of fused-ring (bicyclic) bond motifs is 1. The van der Waals surface area contributed by atoms with Crippen molar-refractivity contribution in [2.75, 3.05) is 38.8 Å². The van der Waals surface area contributed by atoms with Crippen LogP contribution in [-0.2, 0) is 29.3 Å². The Labute approximate surface area is 194 Å². The summed E-state index contributed by atoms with van der Waals surface area (Å²) in [4.78, 5) is 12.8. The lowest BCUT2D eigenvalue weighted by atomic mass is 10.2. The molecule has 0 bridgehead atoms. The van der Waals surface area contributed by atoms with Crippen LogP contribution in [0.2, 0.25) is 0 Å². The Bertz CT molecular complexity index is 1220. The van der Waals surface area contributed by atoms with Crippen LogP contribution in [0.1, 0.15) is 20.8 Å². The number of aromatic nitrogens is 2. The van der Waals surface area contributed by atoms with Crippen molar-refractivity contribution in [3.05, 3.63) is 22.6 Å². The van der Waals surface area contributed by atoms with Crippen LogP contribution in [0.5, 0.6) is 0 Å². The minimum atomic E-state index is -3.94. The lowest BCUT2D eigenvalue weighted by Gasteiger charge is -2.24. The van der Waals surface area contributed by atoms with Crippen LogP contribution in [0.25, 0.3) is 10.9 Å². The summed E-state index contributed by atoms with van der Waals surface area (Å²) in [6.45, 7) is 5.30. The minimum Gasteiger partial charge on any atom is -0.444 e. The smallest absolute Gasteiger partial charge is 0.410 e. The van der Waals surface area contributed by atoms with Crippen LogP contribution >= 0.6 is 15.9 Å². The van der Waals surface area contributed by atoms with Crippen molar-refractivity contribution in [3.8, 4) is 0 Å². The van der Waals surface area contributed by atoms with Gasteiger partial charge in [-0.05, 0) is 48.8 Å². The van der Waals surface area contributed by atoms with E-state index in [-0.39, 0.29) is 40.2 Å². The predicted molar refractivity (Wildman–Crippen MR) is 119 cm³/mol. The number of carbonyl (C=O) groups excluding carboxylic acids is 1. The maximum Gasteiger partial charge on any atom is 0.410 e. The fraction of sp³-hybridized carbons (Fsp3) is 0.556. The number of hydrogen-bond acceptors (Lipinski definition) is 8. The number of halogens is 2. The predicted octanol–water partition coefficient (Wildman–Crippen LogP) is 2.40. The molecule has 1 heterocycles. The average molecular weight is 558 g/mol. The van der Waals surface area contributed by atoms with Gasteiger partial charge in [-0.1, -0.05) is 0 Å². The van der Waals surface area contributed by atoms with Gasteiger partial charge in [0.2, 0.25) is 0 Å². The summed E-state index contributed by atoms with van der Waals surface area (Å²) in [7, 11) is -6.30. The third-order valence-electron chi connectivity index (χ3n) is 4.07. The van der Waals surface area contributed by atoms with Crippen molar-refractivity contribution in [3.63, 3.8) is 0 Å². The molecule has 0 aliphatic carbocycles. The summed E-state index contributed by atoms with van der Waals surface area (Å²) in [5.74, 6) is -1.48. The van der Waals surface area contributed by atoms with Crippen molar-refractivity contribution in [2.24, 2.45) is 0 Å². The topological polar surface area (TPSA) is 125 Å². The summed E-state index contributed by atoms with van der Waals surface area (Å²) in [6, 6.07) is 1.91. The average Bonchev–Trinajstić information content (AvgIpc) is 2.97. The van der Waals surface area contributed by atoms with Crippen molar-refractivity contribution < 1.29 is 35.5 Å². The molecular weight excluding hydrogens is 533 g/mol. The zero-order valence-electron chi connectivity index (χ0n) is 18.3. The molecule has 0 spiro atoms. The van der Waals surface area contributed by atoms with Gasteiger partial charge in [0.05, 0.1) is 30.1 Å². The molecular formula is C18H25BrFN3O7S2. The number of hydrogen-bond donors (Lipinski definition) is 0. The van der Waals surface area contributed by atoms with E-state index >= 15 is 0 Å². The lowest BCUT2D eigenvalue weighted by molar-refractivity contribution is 0.0238. The molecule has 10 nitrogen and oxygen atoms in total. The Morgan fingerprint density at radius 3 is 2.41 bits per heavy atom. The third-order valence-corrected chi connectivity index (χ3v) is 7.21. The van der Waals surface area contributed by atoms with E-state index in [0.717, 1.165) is 18.4 Å². The molecule has 0 N–H and O–H groups in total. The first-order valence-corrected chi connectivity index (χ1v) is 13.7. The number of benzene rings is 1. The molecule has 1 amide bonds. The highest BCUT2D eigenvalue weighted by molar-refractivity contribution is 9.10. The summed E-state index contributed by atoms with van der Waals surface area (Å²) in [5.41, 5.74) is -0.983. The fourth-order valence-corrected chi connectivity index (χ4v) is 5.02. The zero-order chi connectivity index (χ0) is 24.5. The van der Waals surface area contributed by atoms with Gasteiger partial charge in [-0.3, -0.25) is 0 Å². The third kappa shape index (κ3) is 6.62. The highest BCUT2D eigenvalue weighted by Gasteiger charge is 2.24. The first-order valence-electron chi connectivity index (χ1n) is 9.36. The first-order chi connectivity index (χ1) is 14.5. The van der Waals surface area contributed by atoms with Gasteiger partial charge in [0, 0.05) is 19.0 Å². The van der Waals surface area contributed by atoms with E-state index in [1.54, 1.807) is 20.8 Å². The van der Waals surface area contributed by atoms with Crippen LogP contribution in [0, 0.1) is 5.82 Å². The van der Waals surface area contributed by atoms with E-state index in [0.29, 0.717) is 4.09 Å². The Hall–Kier alpha value is -1.77. The van der Waals surface area contributed by atoms with Crippen molar-refractivity contribution >= 4 is 52.8 Å². The summed E-state index contributed by atoms with van der Waals surface area (Å²) in [5, 5.41) is 3.74. The molecule has 0 aliphatic rings. The zero-order valence-corrected chi connectivity index (χ0v) is 21.5. The Kier molecular flexibility index (Phi) is 7.95. The van der Waals surface area contributed by atoms with E-state index in [9.17, 15) is 26.0 Å². The normalized spacial score (nSPS) is 12.8. The van der Waals surface area contributed by atoms with Crippen LogP contribution in [0.4, 0.5) is 9.18 Å². The lowest BCUT2D eigenvalue weighted by Crippen LogP contribution is -2.36. The number of rotatable bonds is 8. The van der Waals surface area contributed by atoms with Crippen molar-refractivity contribution in [1.82, 2.24) is 14.1 Å². The number of ether oxygens (including phenoxy) is 2. The number of amides is 1. The molecule has 0 radical (unpaired) electrons. The molecule has 14 heteroatoms. The number of nitrogens with zero attached hydrogens (tertiary/aromatic N) is 3. The molecule has 0 atom stereocenters. The van der Waals surface area contributed by atoms with E-state index in [2.05, 4.69) is 21.0 Å². The molecule has 2 aromatic rings. The Balaban J connectivity index is 2.04. The second-order valence-electron chi connectivity index (χ2n) is 8.03. The van der Waals surface area contributed by atoms with Gasteiger partial charge in [-0.2, -0.15) is 4.09 Å². The number of sulfone groups is 1. The van der Waals surface area contributed by atoms with E-state index in [4.69, 9.17) is 9.47 Å². The van der Waals surface area contributed by atoms with Gasteiger partial charge in [0.15, 0.2) is 15.7 Å². The van der Waals surface area contributed by atoms with Gasteiger partial charge >= 0.3 is 6.09 Å². The molecule has 32 heavy (non-hydrogen) atoms. The fourth-order valence-electron chi connectivity index (χ4n) is 2.55. The standard InChI is InChI=1S/C18H25BrFN3O7S2/c1-18(2,3)30-17(24)22(4)6-7-29-8-9-32(27,28)12-10-13-15(14(20)11-12)23(21-16(13)19)31(5,25)26/h10-11H,6-9H2,1-5H3. The van der Waals surface area contributed by atoms with Crippen LogP contribution < -0.4 is 0 Å². The van der Waals surface area contributed by atoms with Gasteiger partial charge in [0.25, 0.3) is 10.0 Å². The number of carbonyl (C=O) groups is 1. The monoisotopic (exact) mass is 557 g/mol. The molecule has 1 aromatic carbocycles. The molecule has 180 valence electrons. The molecule has 0 unspecified atom stereocenters. The first kappa shape index (κ1) is 26.5. The summed E-state index contributed by atoms with van der Waals surface area (Å²) < 4.78 is 74.4. The van der Waals surface area contributed by atoms with E-state index < -0.39 is 43.1 Å². The van der Waals surface area contributed by atoms with Crippen LogP contribution in [-0.4, -0.2) is 81.4 Å². The quantitative estimate of drug-likeness (QED) is 0.453. The molecule has 2 rings (SSSR count). The largest absolute Gasteiger partial charge is 0.444 e. The van der Waals surface area contributed by atoms with E-state index in [1.807, 2.05) is 0 Å². The molecule has 0 fully saturated rings. The van der Waals surface area contributed by atoms with Crippen molar-refractivity contribution in [1.29, 1.82) is 0 Å². The van der Waals surface area contributed by atoms with Crippen LogP contribution in [0.3, 0.4) is 0 Å². The van der Waals surface area contributed by atoms with Crippen LogP contribution in [0.15, 0.2) is 21.6 Å². The van der Waals surface area contributed by atoms with Gasteiger partial charge in [-0.15, -0.1) is 5.10 Å². The second kappa shape index (κ2) is 9.61. The SMILES string of the molecule is CN(CCOCCS(=O)(=O)c1cc(F)c2c(c1)c(Br)nn2S(C)(=O)=O)C(=O)OC(C)(C)C. The molecule has 1 aromatic heterocycles. The Morgan fingerprint density at radius 2 is 1.84 bits per heavy atom. The highest BCUT2D eigenvalue weighted by atomic mass is 79.9. The number of likely N-dealkylation sites (N-methyl/N-ethyl adjacent to an activating group) is 1. The van der Waals surface area contributed by atoms with Gasteiger partial charge < -0.3 is 14.4 Å². The molecule has 0 saturated heterocycles. The Morgan fingerprint density at radius 1 is 1.22 bits per heavy atom. The summed E-state index contributed by atoms with van der Waals surface area (Å²) >= 11 is 3.04. The minimum absolute atomic E-state index is 0.00435. The molecule has 0 saturated carbocycles.